The van der Waals surface area contributed by atoms with Gasteiger partial charge in [-0.25, -0.2) is 0 Å². The number of amides is 3. The fourth-order valence-electron chi connectivity index (χ4n) is 5.94. The molecule has 0 saturated carbocycles. The summed E-state index contributed by atoms with van der Waals surface area (Å²) in [6.45, 7) is 7.85. The van der Waals surface area contributed by atoms with Gasteiger partial charge < -0.3 is 15.5 Å². The van der Waals surface area contributed by atoms with Crippen molar-refractivity contribution in [2.45, 2.75) is 71.1 Å². The number of nitrogens with zero attached hydrogens (tertiary/aromatic N) is 2. The van der Waals surface area contributed by atoms with Gasteiger partial charge >= 0.3 is 0 Å². The van der Waals surface area contributed by atoms with Crippen molar-refractivity contribution in [3.05, 3.63) is 77.5 Å². The van der Waals surface area contributed by atoms with Gasteiger partial charge in [0.2, 0.25) is 17.7 Å². The van der Waals surface area contributed by atoms with E-state index >= 15 is 0 Å². The Balaban J connectivity index is 1.58. The Morgan fingerprint density at radius 1 is 1.03 bits per heavy atom. The minimum absolute atomic E-state index is 0.0547. The first kappa shape index (κ1) is 25.9. The third-order valence-corrected chi connectivity index (χ3v) is 7.61. The van der Waals surface area contributed by atoms with Crippen LogP contribution in [0, 0.1) is 11.8 Å². The predicted octanol–water partition coefficient (Wildman–Crippen LogP) is 3.96. The fourth-order valence-corrected chi connectivity index (χ4v) is 5.94. The van der Waals surface area contributed by atoms with Crippen molar-refractivity contribution < 1.29 is 14.4 Å². The molecule has 3 aromatic rings. The van der Waals surface area contributed by atoms with E-state index in [0.29, 0.717) is 12.0 Å². The van der Waals surface area contributed by atoms with Crippen molar-refractivity contribution in [3.63, 3.8) is 0 Å². The number of pyridine rings is 1. The number of nitrogens with one attached hydrogen (secondary N) is 2. The first-order valence-electron chi connectivity index (χ1n) is 13.6. The van der Waals surface area contributed by atoms with Crippen molar-refractivity contribution >= 4 is 28.6 Å². The van der Waals surface area contributed by atoms with Crippen LogP contribution in [0.5, 0.6) is 0 Å². The summed E-state index contributed by atoms with van der Waals surface area (Å²) in [5.41, 5.74) is 3.91. The van der Waals surface area contributed by atoms with E-state index in [1.807, 2.05) is 70.2 Å². The molecule has 0 radical (unpaired) electrons. The molecule has 2 heterocycles. The van der Waals surface area contributed by atoms with E-state index in [1.54, 1.807) is 11.1 Å². The van der Waals surface area contributed by atoms with Crippen LogP contribution in [-0.2, 0) is 27.2 Å². The summed E-state index contributed by atoms with van der Waals surface area (Å²) in [5, 5.41) is 6.97. The van der Waals surface area contributed by atoms with Crippen LogP contribution >= 0.6 is 0 Å². The third kappa shape index (κ3) is 5.02. The molecule has 5 rings (SSSR count). The largest absolute Gasteiger partial charge is 0.352 e. The second-order valence-electron chi connectivity index (χ2n) is 11.3. The van der Waals surface area contributed by atoms with Gasteiger partial charge in [-0.3, -0.25) is 19.4 Å². The number of hydrogen-bond acceptors (Lipinski definition) is 4. The van der Waals surface area contributed by atoms with E-state index < -0.39 is 18.1 Å². The standard InChI is InChI=1S/C31H36N4O3/c1-18(2)14-26-29(36)34-27(24-15-20-8-5-6-9-21(20)16-24)31(38)35(26)28(30(37)33-19(3)4)23-11-12-25-22(17-23)10-7-13-32-25/h5-13,17-19,24,26-28H,14-16H2,1-4H3,(H,33,37)(H,34,36)/t26-,27?,28-/m1/s1. The molecule has 38 heavy (non-hydrogen) atoms. The maximum Gasteiger partial charge on any atom is 0.247 e. The summed E-state index contributed by atoms with van der Waals surface area (Å²) >= 11 is 0. The molecule has 1 aliphatic heterocycles. The van der Waals surface area contributed by atoms with E-state index in [4.69, 9.17) is 0 Å². The Hall–Kier alpha value is -3.74. The highest BCUT2D eigenvalue weighted by Crippen LogP contribution is 2.36. The Morgan fingerprint density at radius 3 is 2.39 bits per heavy atom. The van der Waals surface area contributed by atoms with Crippen LogP contribution in [-0.4, -0.2) is 45.7 Å². The molecule has 7 heteroatoms. The van der Waals surface area contributed by atoms with Gasteiger partial charge in [-0.15, -0.1) is 0 Å². The fraction of sp³-hybridized carbons (Fsp3) is 0.419. The molecule has 0 spiro atoms. The van der Waals surface area contributed by atoms with Crippen LogP contribution in [0.3, 0.4) is 0 Å². The van der Waals surface area contributed by atoms with Gasteiger partial charge in [-0.05, 0) is 79.8 Å². The number of fused-ring (bicyclic) bond motifs is 2. The van der Waals surface area contributed by atoms with Crippen LogP contribution in [0.2, 0.25) is 0 Å². The van der Waals surface area contributed by atoms with Gasteiger partial charge in [-0.1, -0.05) is 50.2 Å². The first-order valence-corrected chi connectivity index (χ1v) is 13.6. The molecule has 1 aromatic heterocycles. The maximum absolute atomic E-state index is 14.4. The first-order chi connectivity index (χ1) is 18.2. The topological polar surface area (TPSA) is 91.4 Å². The van der Waals surface area contributed by atoms with E-state index in [2.05, 4.69) is 27.8 Å². The van der Waals surface area contributed by atoms with E-state index in [-0.39, 0.29) is 35.6 Å². The highest BCUT2D eigenvalue weighted by Gasteiger charge is 2.49. The third-order valence-electron chi connectivity index (χ3n) is 7.61. The molecule has 1 saturated heterocycles. The number of aromatic nitrogens is 1. The zero-order chi connectivity index (χ0) is 27.0. The van der Waals surface area contributed by atoms with Crippen LogP contribution in [0.4, 0.5) is 0 Å². The lowest BCUT2D eigenvalue weighted by atomic mass is 9.87. The summed E-state index contributed by atoms with van der Waals surface area (Å²) in [6.07, 6.45) is 3.64. The second-order valence-corrected chi connectivity index (χ2v) is 11.3. The van der Waals surface area contributed by atoms with E-state index in [1.165, 1.54) is 11.1 Å². The van der Waals surface area contributed by atoms with Crippen LogP contribution in [0.1, 0.15) is 56.8 Å². The molecule has 198 valence electrons. The van der Waals surface area contributed by atoms with Crippen molar-refractivity contribution in [1.82, 2.24) is 20.5 Å². The number of carbonyl (C=O) groups is 3. The lowest BCUT2D eigenvalue weighted by Gasteiger charge is -2.45. The molecule has 2 aliphatic rings. The molecular formula is C31H36N4O3. The predicted molar refractivity (Wildman–Crippen MR) is 147 cm³/mol. The van der Waals surface area contributed by atoms with Gasteiger partial charge in [0, 0.05) is 17.6 Å². The molecular weight excluding hydrogens is 476 g/mol. The Bertz CT molecular complexity index is 1340. The molecule has 3 amide bonds. The maximum atomic E-state index is 14.4. The Morgan fingerprint density at radius 2 is 1.74 bits per heavy atom. The summed E-state index contributed by atoms with van der Waals surface area (Å²) in [6, 6.07) is 15.1. The SMILES string of the molecule is CC(C)C[C@@H]1C(=O)NC(C2Cc3ccccc3C2)C(=O)N1[C@@H](C(=O)NC(C)C)c1ccc2ncccc2c1. The van der Waals surface area contributed by atoms with Crippen molar-refractivity contribution in [2.75, 3.05) is 0 Å². The summed E-state index contributed by atoms with van der Waals surface area (Å²) < 4.78 is 0. The van der Waals surface area contributed by atoms with Gasteiger partial charge in [-0.2, -0.15) is 0 Å². The van der Waals surface area contributed by atoms with Gasteiger partial charge in [0.15, 0.2) is 0 Å². The number of hydrogen-bond donors (Lipinski definition) is 2. The molecule has 0 bridgehead atoms. The molecule has 2 aromatic carbocycles. The lowest BCUT2D eigenvalue weighted by molar-refractivity contribution is -0.158. The molecule has 2 N–H and O–H groups in total. The minimum Gasteiger partial charge on any atom is -0.352 e. The number of piperazine rings is 1. The van der Waals surface area contributed by atoms with Gasteiger partial charge in [0.1, 0.15) is 18.1 Å². The summed E-state index contributed by atoms with van der Waals surface area (Å²) in [7, 11) is 0. The van der Waals surface area contributed by atoms with Gasteiger partial charge in [0.05, 0.1) is 5.52 Å². The van der Waals surface area contributed by atoms with E-state index in [0.717, 1.165) is 23.7 Å². The van der Waals surface area contributed by atoms with Crippen LogP contribution in [0.25, 0.3) is 10.9 Å². The second kappa shape index (κ2) is 10.6. The molecule has 1 unspecified atom stereocenters. The summed E-state index contributed by atoms with van der Waals surface area (Å²) in [4.78, 5) is 47.9. The van der Waals surface area contributed by atoms with Crippen molar-refractivity contribution in [1.29, 1.82) is 0 Å². The monoisotopic (exact) mass is 512 g/mol. The summed E-state index contributed by atoms with van der Waals surface area (Å²) in [5.74, 6) is -0.565. The van der Waals surface area contributed by atoms with Crippen molar-refractivity contribution in [3.8, 4) is 0 Å². The van der Waals surface area contributed by atoms with Crippen molar-refractivity contribution in [2.24, 2.45) is 11.8 Å². The minimum atomic E-state index is -0.935. The zero-order valence-corrected chi connectivity index (χ0v) is 22.5. The van der Waals surface area contributed by atoms with Crippen LogP contribution in [0.15, 0.2) is 60.8 Å². The quantitative estimate of drug-likeness (QED) is 0.501. The molecule has 7 nitrogen and oxygen atoms in total. The molecule has 1 aliphatic carbocycles. The Labute approximate surface area is 224 Å². The average Bonchev–Trinajstić information content (AvgIpc) is 3.31. The number of benzene rings is 2. The highest BCUT2D eigenvalue weighted by molar-refractivity contribution is 6.00. The van der Waals surface area contributed by atoms with E-state index in [9.17, 15) is 14.4 Å². The zero-order valence-electron chi connectivity index (χ0n) is 22.5. The van der Waals surface area contributed by atoms with Crippen LogP contribution < -0.4 is 10.6 Å². The average molecular weight is 513 g/mol. The number of carbonyl (C=O) groups excluding carboxylic acids is 3. The Kier molecular flexibility index (Phi) is 7.19. The smallest absolute Gasteiger partial charge is 0.247 e. The lowest BCUT2D eigenvalue weighted by Crippen LogP contribution is -2.67. The number of rotatable bonds is 7. The molecule has 1 fully saturated rings. The highest BCUT2D eigenvalue weighted by atomic mass is 16.2. The normalized spacial score (nSPS) is 20.6. The molecule has 3 atom stereocenters. The van der Waals surface area contributed by atoms with Gasteiger partial charge in [0.25, 0.3) is 0 Å².